The van der Waals surface area contributed by atoms with Crippen molar-refractivity contribution < 1.29 is 14.0 Å². The molecule has 1 unspecified atom stereocenters. The molecular weight excluding hydrogens is 485 g/mol. The summed E-state index contributed by atoms with van der Waals surface area (Å²) < 4.78 is 15.5. The highest BCUT2D eigenvalue weighted by Crippen LogP contribution is 2.22. The third-order valence-electron chi connectivity index (χ3n) is 4.38. The summed E-state index contributed by atoms with van der Waals surface area (Å²) in [6, 6.07) is 12.4. The van der Waals surface area contributed by atoms with Gasteiger partial charge in [-0.3, -0.25) is 9.59 Å². The number of nitrogens with one attached hydrogen (secondary N) is 2. The predicted molar refractivity (Wildman–Crippen MR) is 121 cm³/mol. The van der Waals surface area contributed by atoms with Gasteiger partial charge >= 0.3 is 0 Å². The van der Waals surface area contributed by atoms with Crippen molar-refractivity contribution in [2.24, 2.45) is 0 Å². The summed E-state index contributed by atoms with van der Waals surface area (Å²) in [7, 11) is 0. The molecule has 1 atom stereocenters. The fourth-order valence-corrected chi connectivity index (χ4v) is 4.14. The monoisotopic (exact) mass is 505 g/mol. The molecule has 2 aromatic carbocycles. The summed E-state index contributed by atoms with van der Waals surface area (Å²) in [4.78, 5) is 24.8. The molecule has 10 heteroatoms. The quantitative estimate of drug-likeness (QED) is 0.442. The molecule has 0 aliphatic carbocycles. The predicted octanol–water partition coefficient (Wildman–Crippen LogP) is 4.42. The first-order valence-electron chi connectivity index (χ1n) is 9.55. The van der Waals surface area contributed by atoms with Crippen molar-refractivity contribution in [3.05, 3.63) is 70.2 Å². The second-order valence-corrected chi connectivity index (χ2v) is 8.40. The van der Waals surface area contributed by atoms with Gasteiger partial charge in [-0.1, -0.05) is 23.9 Å². The Bertz CT molecular complexity index is 1070. The molecule has 2 N–H and O–H groups in total. The molecule has 162 valence electrons. The van der Waals surface area contributed by atoms with Crippen LogP contribution in [0, 0.1) is 5.82 Å². The lowest BCUT2D eigenvalue weighted by Crippen LogP contribution is -2.29. The Labute approximate surface area is 192 Å². The lowest BCUT2D eigenvalue weighted by Gasteiger charge is -2.15. The zero-order valence-corrected chi connectivity index (χ0v) is 19.3. The largest absolute Gasteiger partial charge is 0.342 e. The lowest BCUT2D eigenvalue weighted by molar-refractivity contribution is -0.113. The fourth-order valence-electron chi connectivity index (χ4n) is 2.87. The molecule has 0 aliphatic rings. The van der Waals surface area contributed by atoms with Gasteiger partial charge in [0.05, 0.1) is 17.4 Å². The molecule has 3 rings (SSSR count). The van der Waals surface area contributed by atoms with Crippen molar-refractivity contribution in [3.8, 4) is 0 Å². The van der Waals surface area contributed by atoms with Crippen molar-refractivity contribution in [2.75, 3.05) is 11.1 Å². The number of carbonyl (C=O) groups excluding carboxylic acids is 2. The van der Waals surface area contributed by atoms with E-state index in [0.717, 1.165) is 0 Å². The van der Waals surface area contributed by atoms with E-state index in [2.05, 4.69) is 36.8 Å². The maximum atomic E-state index is 13.0. The Morgan fingerprint density at radius 1 is 1.16 bits per heavy atom. The molecule has 0 saturated carbocycles. The third-order valence-corrected chi connectivity index (χ3v) is 6.03. The van der Waals surface area contributed by atoms with Crippen LogP contribution in [0.5, 0.6) is 0 Å². The summed E-state index contributed by atoms with van der Waals surface area (Å²) in [5.41, 5.74) is 1.05. The molecular formula is C21H21BrFN5O2S. The minimum absolute atomic E-state index is 0.118. The van der Waals surface area contributed by atoms with Gasteiger partial charge in [0.2, 0.25) is 5.91 Å². The molecule has 0 spiro atoms. The van der Waals surface area contributed by atoms with Crippen LogP contribution < -0.4 is 10.6 Å². The van der Waals surface area contributed by atoms with Gasteiger partial charge in [0.1, 0.15) is 5.82 Å². The average molecular weight is 506 g/mol. The van der Waals surface area contributed by atoms with Crippen LogP contribution in [0.25, 0.3) is 0 Å². The van der Waals surface area contributed by atoms with Crippen LogP contribution >= 0.6 is 27.7 Å². The van der Waals surface area contributed by atoms with Crippen LogP contribution in [0.3, 0.4) is 0 Å². The Kier molecular flexibility index (Phi) is 7.80. The standard InChI is InChI=1S/C21H21BrFN5O2S/c1-3-28-19(13(2)24-20(30)16-6-4-5-7-17(16)22)26-27-21(28)31-12-18(29)25-15-10-8-14(23)9-11-15/h4-11,13H,3,12H2,1-2H3,(H,24,30)(H,25,29). The minimum Gasteiger partial charge on any atom is -0.342 e. The number of aromatic nitrogens is 3. The molecule has 0 bridgehead atoms. The smallest absolute Gasteiger partial charge is 0.253 e. The van der Waals surface area contributed by atoms with Gasteiger partial charge in [0.25, 0.3) is 5.91 Å². The summed E-state index contributed by atoms with van der Waals surface area (Å²) in [6.07, 6.45) is 0. The Morgan fingerprint density at radius 3 is 2.55 bits per heavy atom. The Morgan fingerprint density at radius 2 is 1.87 bits per heavy atom. The van der Waals surface area contributed by atoms with Crippen LogP contribution in [0.2, 0.25) is 0 Å². The van der Waals surface area contributed by atoms with E-state index >= 15 is 0 Å². The number of nitrogens with zero attached hydrogens (tertiary/aromatic N) is 3. The number of hydrogen-bond donors (Lipinski definition) is 2. The van der Waals surface area contributed by atoms with E-state index < -0.39 is 0 Å². The number of hydrogen-bond acceptors (Lipinski definition) is 5. The number of carbonyl (C=O) groups is 2. The van der Waals surface area contributed by atoms with Gasteiger partial charge in [-0.25, -0.2) is 4.39 Å². The maximum absolute atomic E-state index is 13.0. The second-order valence-electron chi connectivity index (χ2n) is 6.60. The summed E-state index contributed by atoms with van der Waals surface area (Å²) in [5, 5.41) is 14.6. The van der Waals surface area contributed by atoms with Gasteiger partial charge in [0, 0.05) is 16.7 Å². The van der Waals surface area contributed by atoms with E-state index in [0.29, 0.717) is 33.2 Å². The maximum Gasteiger partial charge on any atom is 0.253 e. The molecule has 0 saturated heterocycles. The summed E-state index contributed by atoms with van der Waals surface area (Å²) in [5.74, 6) is -0.105. The fraction of sp³-hybridized carbons (Fsp3) is 0.238. The lowest BCUT2D eigenvalue weighted by atomic mass is 10.2. The number of benzene rings is 2. The molecule has 0 radical (unpaired) electrons. The van der Waals surface area contributed by atoms with Gasteiger partial charge in [0.15, 0.2) is 11.0 Å². The molecule has 2 amide bonds. The Balaban J connectivity index is 1.63. The van der Waals surface area contributed by atoms with Gasteiger partial charge < -0.3 is 15.2 Å². The number of amides is 2. The zero-order valence-electron chi connectivity index (χ0n) is 16.9. The van der Waals surface area contributed by atoms with Crippen molar-refractivity contribution in [1.29, 1.82) is 0 Å². The normalized spacial score (nSPS) is 11.7. The number of rotatable bonds is 8. The first-order valence-corrected chi connectivity index (χ1v) is 11.3. The topological polar surface area (TPSA) is 88.9 Å². The van der Waals surface area contributed by atoms with Crippen molar-refractivity contribution in [1.82, 2.24) is 20.1 Å². The zero-order chi connectivity index (χ0) is 22.4. The van der Waals surface area contributed by atoms with Crippen LogP contribution in [-0.4, -0.2) is 32.3 Å². The van der Waals surface area contributed by atoms with Crippen LogP contribution in [0.4, 0.5) is 10.1 Å². The van der Waals surface area contributed by atoms with E-state index in [1.165, 1.54) is 36.0 Å². The van der Waals surface area contributed by atoms with Gasteiger partial charge in [-0.15, -0.1) is 10.2 Å². The Hall–Kier alpha value is -2.72. The van der Waals surface area contributed by atoms with E-state index in [1.54, 1.807) is 18.2 Å². The molecule has 1 aromatic heterocycles. The number of anilines is 1. The molecule has 31 heavy (non-hydrogen) atoms. The summed E-state index contributed by atoms with van der Waals surface area (Å²) in [6.45, 7) is 4.36. The van der Waals surface area contributed by atoms with E-state index in [1.807, 2.05) is 24.5 Å². The van der Waals surface area contributed by atoms with Crippen molar-refractivity contribution in [3.63, 3.8) is 0 Å². The number of thioether (sulfide) groups is 1. The third kappa shape index (κ3) is 5.92. The average Bonchev–Trinajstić information content (AvgIpc) is 3.17. The van der Waals surface area contributed by atoms with Gasteiger partial charge in [-0.2, -0.15) is 0 Å². The summed E-state index contributed by atoms with van der Waals surface area (Å²) >= 11 is 4.62. The van der Waals surface area contributed by atoms with Crippen molar-refractivity contribution >= 4 is 45.2 Å². The second kappa shape index (κ2) is 10.5. The SMILES string of the molecule is CCn1c(SCC(=O)Nc2ccc(F)cc2)nnc1C(C)NC(=O)c1ccccc1Br. The van der Waals surface area contributed by atoms with Crippen LogP contribution in [0.1, 0.15) is 36.1 Å². The van der Waals surface area contributed by atoms with E-state index in [4.69, 9.17) is 0 Å². The first kappa shape index (κ1) is 23.0. The molecule has 0 fully saturated rings. The first-order chi connectivity index (χ1) is 14.9. The highest BCUT2D eigenvalue weighted by molar-refractivity contribution is 9.10. The molecule has 0 aliphatic heterocycles. The molecule has 3 aromatic rings. The van der Waals surface area contributed by atoms with E-state index in [-0.39, 0.29) is 29.4 Å². The number of halogens is 2. The van der Waals surface area contributed by atoms with E-state index in [9.17, 15) is 14.0 Å². The van der Waals surface area contributed by atoms with Gasteiger partial charge in [-0.05, 0) is 66.2 Å². The van der Waals surface area contributed by atoms with Crippen LogP contribution in [-0.2, 0) is 11.3 Å². The highest BCUT2D eigenvalue weighted by atomic mass is 79.9. The highest BCUT2D eigenvalue weighted by Gasteiger charge is 2.21. The molecule has 7 nitrogen and oxygen atoms in total. The molecule has 1 heterocycles. The van der Waals surface area contributed by atoms with Crippen LogP contribution in [0.15, 0.2) is 58.2 Å². The van der Waals surface area contributed by atoms with Crippen molar-refractivity contribution in [2.45, 2.75) is 31.6 Å². The minimum atomic E-state index is -0.380.